The lowest BCUT2D eigenvalue weighted by Crippen LogP contribution is -2.30. The van der Waals surface area contributed by atoms with Crippen molar-refractivity contribution in [3.05, 3.63) is 12.2 Å². The molecule has 0 fully saturated rings. The first-order valence-electron chi connectivity index (χ1n) is 5.01. The molecule has 0 unspecified atom stereocenters. The number of hydrogen-bond acceptors (Lipinski definition) is 3. The second-order valence-electron chi connectivity index (χ2n) is 3.06. The van der Waals surface area contributed by atoms with E-state index in [1.165, 1.54) is 0 Å². The summed E-state index contributed by atoms with van der Waals surface area (Å²) < 4.78 is 0. The van der Waals surface area contributed by atoms with Crippen LogP contribution in [0.4, 0.5) is 0 Å². The molecule has 90 valence electrons. The van der Waals surface area contributed by atoms with Crippen molar-refractivity contribution < 1.29 is 19.5 Å². The molecule has 16 heavy (non-hydrogen) atoms. The number of nitrogens with one attached hydrogen (secondary N) is 2. The summed E-state index contributed by atoms with van der Waals surface area (Å²) in [6, 6.07) is 0. The predicted octanol–water partition coefficient (Wildman–Crippen LogP) is -0.340. The molecule has 0 saturated carbocycles. The summed E-state index contributed by atoms with van der Waals surface area (Å²) in [5.74, 6) is -1.84. The van der Waals surface area contributed by atoms with Gasteiger partial charge in [-0.05, 0) is 6.42 Å². The van der Waals surface area contributed by atoms with Crippen molar-refractivity contribution in [1.82, 2.24) is 10.6 Å². The van der Waals surface area contributed by atoms with E-state index in [0.29, 0.717) is 6.54 Å². The van der Waals surface area contributed by atoms with E-state index in [1.807, 2.05) is 6.92 Å². The fourth-order valence-electron chi connectivity index (χ4n) is 0.858. The van der Waals surface area contributed by atoms with Crippen LogP contribution in [0.2, 0.25) is 0 Å². The topological polar surface area (TPSA) is 95.5 Å². The van der Waals surface area contributed by atoms with E-state index in [0.717, 1.165) is 18.6 Å². The van der Waals surface area contributed by atoms with Gasteiger partial charge in [-0.2, -0.15) is 0 Å². The van der Waals surface area contributed by atoms with Gasteiger partial charge in [0.2, 0.25) is 11.8 Å². The highest BCUT2D eigenvalue weighted by Crippen LogP contribution is 1.80. The Balaban J connectivity index is 3.62. The molecule has 0 atom stereocenters. The largest absolute Gasteiger partial charge is 0.478 e. The standard InChI is InChI=1S/C10H16N2O4/c1-2-6-11-9(14)5-7-12-8(13)3-4-10(15)16/h3-4H,2,5-7H2,1H3,(H,11,14)(H,12,13)(H,15,16). The molecule has 0 aliphatic rings. The van der Waals surface area contributed by atoms with Crippen LogP contribution in [-0.2, 0) is 14.4 Å². The molecule has 6 heteroatoms. The molecule has 0 rings (SSSR count). The molecule has 0 aliphatic carbocycles. The van der Waals surface area contributed by atoms with Crippen molar-refractivity contribution in [2.45, 2.75) is 19.8 Å². The molecule has 0 aromatic heterocycles. The van der Waals surface area contributed by atoms with Crippen molar-refractivity contribution in [1.29, 1.82) is 0 Å². The summed E-state index contributed by atoms with van der Waals surface area (Å²) in [6.45, 7) is 2.75. The highest BCUT2D eigenvalue weighted by molar-refractivity contribution is 5.94. The number of hydrogen-bond donors (Lipinski definition) is 3. The third-order valence-electron chi connectivity index (χ3n) is 1.60. The predicted molar refractivity (Wildman–Crippen MR) is 57.7 cm³/mol. The smallest absolute Gasteiger partial charge is 0.328 e. The maximum atomic E-state index is 11.1. The van der Waals surface area contributed by atoms with Gasteiger partial charge < -0.3 is 15.7 Å². The molecule has 0 heterocycles. The van der Waals surface area contributed by atoms with Crippen LogP contribution in [0.15, 0.2) is 12.2 Å². The van der Waals surface area contributed by atoms with Gasteiger partial charge in [0, 0.05) is 31.7 Å². The van der Waals surface area contributed by atoms with E-state index in [2.05, 4.69) is 10.6 Å². The fourth-order valence-corrected chi connectivity index (χ4v) is 0.858. The molecule has 0 aromatic carbocycles. The number of rotatable bonds is 7. The van der Waals surface area contributed by atoms with Gasteiger partial charge in [-0.3, -0.25) is 9.59 Å². The lowest BCUT2D eigenvalue weighted by atomic mass is 10.3. The zero-order valence-corrected chi connectivity index (χ0v) is 9.16. The number of carbonyl (C=O) groups excluding carboxylic acids is 2. The van der Waals surface area contributed by atoms with E-state index in [4.69, 9.17) is 5.11 Å². The highest BCUT2D eigenvalue weighted by Gasteiger charge is 2.01. The normalized spacial score (nSPS) is 10.1. The molecule has 0 spiro atoms. The highest BCUT2D eigenvalue weighted by atomic mass is 16.4. The Hall–Kier alpha value is -1.85. The summed E-state index contributed by atoms with van der Waals surface area (Å²) in [4.78, 5) is 32.1. The maximum Gasteiger partial charge on any atom is 0.328 e. The van der Waals surface area contributed by atoms with Crippen LogP contribution in [0.25, 0.3) is 0 Å². The Morgan fingerprint density at radius 1 is 1.12 bits per heavy atom. The van der Waals surface area contributed by atoms with Gasteiger partial charge >= 0.3 is 5.97 Å². The zero-order chi connectivity index (χ0) is 12.4. The van der Waals surface area contributed by atoms with Crippen LogP contribution in [0.3, 0.4) is 0 Å². The average Bonchev–Trinajstić information content (AvgIpc) is 2.23. The fraction of sp³-hybridized carbons (Fsp3) is 0.500. The third kappa shape index (κ3) is 8.74. The van der Waals surface area contributed by atoms with E-state index in [9.17, 15) is 14.4 Å². The van der Waals surface area contributed by atoms with Gasteiger partial charge in [0.05, 0.1) is 0 Å². The summed E-state index contributed by atoms with van der Waals surface area (Å²) in [5, 5.41) is 13.3. The van der Waals surface area contributed by atoms with Crippen molar-refractivity contribution in [2.24, 2.45) is 0 Å². The first-order valence-corrected chi connectivity index (χ1v) is 5.01. The molecule has 0 radical (unpaired) electrons. The monoisotopic (exact) mass is 228 g/mol. The maximum absolute atomic E-state index is 11.1. The minimum atomic E-state index is -1.18. The number of carboxylic acids is 1. The van der Waals surface area contributed by atoms with Crippen LogP contribution in [-0.4, -0.2) is 36.0 Å². The molecule has 0 aromatic rings. The van der Waals surface area contributed by atoms with Gasteiger partial charge in [-0.15, -0.1) is 0 Å². The first kappa shape index (κ1) is 14.2. The van der Waals surface area contributed by atoms with Gasteiger partial charge in [0.1, 0.15) is 0 Å². The molecular formula is C10H16N2O4. The second kappa shape index (κ2) is 8.46. The first-order chi connectivity index (χ1) is 7.56. The van der Waals surface area contributed by atoms with E-state index in [1.54, 1.807) is 0 Å². The summed E-state index contributed by atoms with van der Waals surface area (Å²) in [6.07, 6.45) is 2.70. The number of amides is 2. The van der Waals surface area contributed by atoms with E-state index < -0.39 is 11.9 Å². The molecular weight excluding hydrogens is 212 g/mol. The molecule has 0 aliphatic heterocycles. The van der Waals surface area contributed by atoms with Gasteiger partial charge in [0.25, 0.3) is 0 Å². The average molecular weight is 228 g/mol. The Morgan fingerprint density at radius 3 is 2.38 bits per heavy atom. The van der Waals surface area contributed by atoms with Crippen molar-refractivity contribution in [2.75, 3.05) is 13.1 Å². The van der Waals surface area contributed by atoms with Crippen LogP contribution in [0.5, 0.6) is 0 Å². The lowest BCUT2D eigenvalue weighted by molar-refractivity contribution is -0.131. The quantitative estimate of drug-likeness (QED) is 0.519. The second-order valence-corrected chi connectivity index (χ2v) is 3.06. The molecule has 0 saturated heterocycles. The minimum Gasteiger partial charge on any atom is -0.478 e. The SMILES string of the molecule is CCCNC(=O)CCNC(=O)C=CC(=O)O. The summed E-state index contributed by atoms with van der Waals surface area (Å²) >= 11 is 0. The van der Waals surface area contributed by atoms with E-state index >= 15 is 0 Å². The Bertz CT molecular complexity index is 287. The zero-order valence-electron chi connectivity index (χ0n) is 9.16. The van der Waals surface area contributed by atoms with Crippen LogP contribution >= 0.6 is 0 Å². The van der Waals surface area contributed by atoms with Crippen molar-refractivity contribution >= 4 is 17.8 Å². The van der Waals surface area contributed by atoms with Crippen LogP contribution in [0.1, 0.15) is 19.8 Å². The Morgan fingerprint density at radius 2 is 1.81 bits per heavy atom. The van der Waals surface area contributed by atoms with Crippen LogP contribution < -0.4 is 10.6 Å². The van der Waals surface area contributed by atoms with Gasteiger partial charge in [-0.25, -0.2) is 4.79 Å². The van der Waals surface area contributed by atoms with Crippen molar-refractivity contribution in [3.63, 3.8) is 0 Å². The molecule has 3 N–H and O–H groups in total. The third-order valence-corrected chi connectivity index (χ3v) is 1.60. The molecule has 2 amide bonds. The lowest BCUT2D eigenvalue weighted by Gasteiger charge is -2.03. The van der Waals surface area contributed by atoms with Crippen LogP contribution in [0, 0.1) is 0 Å². The minimum absolute atomic E-state index is 0.135. The van der Waals surface area contributed by atoms with E-state index in [-0.39, 0.29) is 18.9 Å². The number of aliphatic carboxylic acids is 1. The summed E-state index contributed by atoms with van der Waals surface area (Å²) in [5.41, 5.74) is 0. The summed E-state index contributed by atoms with van der Waals surface area (Å²) in [7, 11) is 0. The van der Waals surface area contributed by atoms with Crippen molar-refractivity contribution in [3.8, 4) is 0 Å². The number of carboxylic acid groups (broad SMARTS) is 1. The molecule has 0 bridgehead atoms. The molecule has 6 nitrogen and oxygen atoms in total. The van der Waals surface area contributed by atoms with Gasteiger partial charge in [-0.1, -0.05) is 6.92 Å². The number of carbonyl (C=O) groups is 3. The Kier molecular flexibility index (Phi) is 7.48. The Labute approximate surface area is 93.7 Å². The van der Waals surface area contributed by atoms with Gasteiger partial charge in [0.15, 0.2) is 0 Å².